The van der Waals surface area contributed by atoms with Crippen LogP contribution in [0, 0.1) is 5.92 Å². The Morgan fingerprint density at radius 3 is 2.63 bits per heavy atom. The number of ketones is 1. The number of likely N-dealkylation sites (tertiary alicyclic amines) is 1. The zero-order chi connectivity index (χ0) is 20.9. The van der Waals surface area contributed by atoms with Crippen LogP contribution in [0.4, 0.5) is 10.5 Å². The number of nitrogens with zero attached hydrogens (tertiary/aromatic N) is 1. The molecule has 0 saturated carbocycles. The Bertz CT molecular complexity index is 1020. The summed E-state index contributed by atoms with van der Waals surface area (Å²) in [5.74, 6) is 0.283. The molecular weight excluding hydrogens is 446 g/mol. The van der Waals surface area contributed by atoms with Gasteiger partial charge in [-0.1, -0.05) is 34.1 Å². The number of hydrogen-bond acceptors (Lipinski definition) is 4. The van der Waals surface area contributed by atoms with Crippen molar-refractivity contribution < 1.29 is 14.3 Å². The molecule has 156 valence electrons. The van der Waals surface area contributed by atoms with Gasteiger partial charge in [0, 0.05) is 39.6 Å². The molecule has 1 fully saturated rings. The zero-order valence-corrected chi connectivity index (χ0v) is 18.2. The molecule has 2 heterocycles. The van der Waals surface area contributed by atoms with E-state index in [4.69, 9.17) is 4.74 Å². The summed E-state index contributed by atoms with van der Waals surface area (Å²) in [5, 5.41) is 3.76. The first-order valence-electron chi connectivity index (χ1n) is 10.1. The van der Waals surface area contributed by atoms with Gasteiger partial charge in [-0.25, -0.2) is 4.79 Å². The fourth-order valence-electron chi connectivity index (χ4n) is 3.88. The van der Waals surface area contributed by atoms with E-state index >= 15 is 0 Å². The summed E-state index contributed by atoms with van der Waals surface area (Å²) >= 11 is 3.40. The molecule has 0 unspecified atom stereocenters. The van der Waals surface area contributed by atoms with E-state index < -0.39 is 6.09 Å². The van der Waals surface area contributed by atoms with Gasteiger partial charge in [0.2, 0.25) is 0 Å². The number of benzene rings is 2. The monoisotopic (exact) mass is 469 g/mol. The number of fused-ring (bicyclic) bond motifs is 1. The number of amides is 1. The van der Waals surface area contributed by atoms with Crippen molar-refractivity contribution in [2.24, 2.45) is 5.92 Å². The summed E-state index contributed by atoms with van der Waals surface area (Å²) in [6, 6.07) is 15.2. The Morgan fingerprint density at radius 1 is 1.10 bits per heavy atom. The van der Waals surface area contributed by atoms with Crippen molar-refractivity contribution in [3.05, 3.63) is 64.8 Å². The minimum atomic E-state index is -0.455. The van der Waals surface area contributed by atoms with Crippen molar-refractivity contribution in [2.45, 2.75) is 12.8 Å². The number of carbonyl (C=O) groups is 2. The van der Waals surface area contributed by atoms with Crippen molar-refractivity contribution >= 4 is 44.4 Å². The highest BCUT2D eigenvalue weighted by atomic mass is 79.9. The molecule has 30 heavy (non-hydrogen) atoms. The number of Topliss-reactive ketones (excluding diaryl/α,β-unsaturated/α-hetero) is 1. The molecule has 0 spiro atoms. The Morgan fingerprint density at radius 2 is 1.87 bits per heavy atom. The second-order valence-corrected chi connectivity index (χ2v) is 8.41. The van der Waals surface area contributed by atoms with E-state index in [2.05, 4.69) is 31.1 Å². The highest BCUT2D eigenvalue weighted by Gasteiger charge is 2.25. The van der Waals surface area contributed by atoms with Gasteiger partial charge >= 0.3 is 6.09 Å². The smallest absolute Gasteiger partial charge is 0.411 e. The van der Waals surface area contributed by atoms with Crippen LogP contribution in [0.1, 0.15) is 23.2 Å². The number of halogens is 1. The Balaban J connectivity index is 1.19. The molecule has 1 aliphatic rings. The molecule has 0 bridgehead atoms. The molecule has 0 aliphatic carbocycles. The maximum Gasteiger partial charge on any atom is 0.411 e. The van der Waals surface area contributed by atoms with E-state index in [1.807, 2.05) is 54.7 Å². The summed E-state index contributed by atoms with van der Waals surface area (Å²) < 4.78 is 6.33. The van der Waals surface area contributed by atoms with Gasteiger partial charge in [-0.15, -0.1) is 0 Å². The molecule has 2 aromatic carbocycles. The second kappa shape index (κ2) is 9.45. The molecule has 0 atom stereocenters. The van der Waals surface area contributed by atoms with Crippen LogP contribution >= 0.6 is 15.9 Å². The van der Waals surface area contributed by atoms with Crippen LogP contribution in [-0.2, 0) is 4.74 Å². The minimum absolute atomic E-state index is 0.0634. The largest absolute Gasteiger partial charge is 0.448 e. The number of aromatic nitrogens is 1. The van der Waals surface area contributed by atoms with Crippen LogP contribution in [0.2, 0.25) is 0 Å². The second-order valence-electron chi connectivity index (χ2n) is 7.49. The van der Waals surface area contributed by atoms with Crippen molar-refractivity contribution in [3.63, 3.8) is 0 Å². The maximum atomic E-state index is 12.7. The number of hydrogen-bond donors (Lipinski definition) is 2. The van der Waals surface area contributed by atoms with E-state index in [0.717, 1.165) is 52.6 Å². The van der Waals surface area contributed by atoms with E-state index in [1.54, 1.807) is 0 Å². The van der Waals surface area contributed by atoms with Crippen molar-refractivity contribution in [2.75, 3.05) is 31.6 Å². The van der Waals surface area contributed by atoms with Crippen LogP contribution in [0.5, 0.6) is 0 Å². The number of nitrogens with one attached hydrogen (secondary N) is 2. The minimum Gasteiger partial charge on any atom is -0.448 e. The third kappa shape index (κ3) is 4.91. The topological polar surface area (TPSA) is 74.4 Å². The van der Waals surface area contributed by atoms with Crippen LogP contribution in [-0.4, -0.2) is 48.0 Å². The lowest BCUT2D eigenvalue weighted by molar-refractivity contribution is 0.0813. The van der Waals surface area contributed by atoms with Gasteiger partial charge in [0.1, 0.15) is 6.61 Å². The van der Waals surface area contributed by atoms with Gasteiger partial charge in [-0.05, 0) is 56.3 Å². The molecule has 1 aliphatic heterocycles. The molecule has 3 aromatic rings. The standard InChI is InChI=1S/C23H24BrN3O3/c24-18-6-4-16(5-7-18)22(28)17-9-12-27(13-10-17)14-15-30-23(29)26-21-3-1-2-20-19(21)8-11-25-20/h1-8,11,17,25H,9-10,12-15H2,(H,26,29). The summed E-state index contributed by atoms with van der Waals surface area (Å²) in [5.41, 5.74) is 2.47. The first kappa shape index (κ1) is 20.6. The number of aromatic amines is 1. The van der Waals surface area contributed by atoms with Gasteiger partial charge in [0.25, 0.3) is 0 Å². The van der Waals surface area contributed by atoms with E-state index in [0.29, 0.717) is 13.2 Å². The van der Waals surface area contributed by atoms with Crippen molar-refractivity contribution in [3.8, 4) is 0 Å². The predicted molar refractivity (Wildman–Crippen MR) is 121 cm³/mol. The highest BCUT2D eigenvalue weighted by Crippen LogP contribution is 2.23. The van der Waals surface area contributed by atoms with Crippen LogP contribution in [0.3, 0.4) is 0 Å². The highest BCUT2D eigenvalue weighted by molar-refractivity contribution is 9.10. The van der Waals surface area contributed by atoms with E-state index in [9.17, 15) is 9.59 Å². The van der Waals surface area contributed by atoms with Gasteiger partial charge in [-0.3, -0.25) is 15.0 Å². The van der Waals surface area contributed by atoms with Gasteiger partial charge in [-0.2, -0.15) is 0 Å². The zero-order valence-electron chi connectivity index (χ0n) is 16.6. The third-order valence-corrected chi connectivity index (χ3v) is 6.09. The van der Waals surface area contributed by atoms with Crippen LogP contribution < -0.4 is 5.32 Å². The lowest BCUT2D eigenvalue weighted by atomic mass is 9.89. The number of ether oxygens (including phenoxy) is 1. The number of carbonyl (C=O) groups excluding carboxylic acids is 2. The molecule has 4 rings (SSSR count). The maximum absolute atomic E-state index is 12.7. The summed E-state index contributed by atoms with van der Waals surface area (Å²) in [7, 11) is 0. The molecule has 7 heteroatoms. The lowest BCUT2D eigenvalue weighted by Gasteiger charge is -2.31. The SMILES string of the molecule is O=C(Nc1cccc2[nH]ccc12)OCCN1CCC(C(=O)c2ccc(Br)cc2)CC1. The summed E-state index contributed by atoms with van der Waals surface area (Å²) in [6.45, 7) is 2.66. The quantitative estimate of drug-likeness (QED) is 0.494. The van der Waals surface area contributed by atoms with Crippen molar-refractivity contribution in [1.82, 2.24) is 9.88 Å². The number of anilines is 1. The fourth-order valence-corrected chi connectivity index (χ4v) is 4.14. The fraction of sp³-hybridized carbons (Fsp3) is 0.304. The number of piperidine rings is 1. The van der Waals surface area contributed by atoms with Gasteiger partial charge < -0.3 is 9.72 Å². The lowest BCUT2D eigenvalue weighted by Crippen LogP contribution is -2.38. The summed E-state index contributed by atoms with van der Waals surface area (Å²) in [6.07, 6.45) is 3.04. The van der Waals surface area contributed by atoms with E-state index in [-0.39, 0.29) is 11.7 Å². The molecule has 1 amide bonds. The van der Waals surface area contributed by atoms with Gasteiger partial charge in [0.15, 0.2) is 5.78 Å². The molecular formula is C23H24BrN3O3. The molecule has 1 saturated heterocycles. The predicted octanol–water partition coefficient (Wildman–Crippen LogP) is 5.07. The van der Waals surface area contributed by atoms with E-state index in [1.165, 1.54) is 0 Å². The van der Waals surface area contributed by atoms with Gasteiger partial charge in [0.05, 0.1) is 5.69 Å². The average Bonchev–Trinajstić information content (AvgIpc) is 3.24. The molecule has 2 N–H and O–H groups in total. The first-order valence-corrected chi connectivity index (χ1v) is 10.9. The van der Waals surface area contributed by atoms with Crippen molar-refractivity contribution in [1.29, 1.82) is 0 Å². The molecule has 0 radical (unpaired) electrons. The Hall–Kier alpha value is -2.64. The third-order valence-electron chi connectivity index (χ3n) is 5.56. The summed E-state index contributed by atoms with van der Waals surface area (Å²) in [4.78, 5) is 30.1. The van der Waals surface area contributed by atoms with Crippen LogP contribution in [0.25, 0.3) is 10.9 Å². The Labute approximate surface area is 183 Å². The number of H-pyrrole nitrogens is 1. The molecule has 6 nitrogen and oxygen atoms in total. The molecule has 1 aromatic heterocycles. The normalized spacial score (nSPS) is 15.2. The Kier molecular flexibility index (Phi) is 6.50. The average molecular weight is 470 g/mol. The number of rotatable bonds is 6. The first-order chi connectivity index (χ1) is 14.6. The van der Waals surface area contributed by atoms with Crippen LogP contribution in [0.15, 0.2) is 59.2 Å².